The molecule has 2 fully saturated rings. The molecule has 1 saturated carbocycles. The number of fused-ring (bicyclic) bond motifs is 1. The van der Waals surface area contributed by atoms with Crippen molar-refractivity contribution in [3.63, 3.8) is 0 Å². The van der Waals surface area contributed by atoms with Crippen molar-refractivity contribution in [2.75, 3.05) is 18.1 Å². The summed E-state index contributed by atoms with van der Waals surface area (Å²) >= 11 is 3.19. The molecule has 0 N–H and O–H groups in total. The third kappa shape index (κ3) is 2.32. The highest BCUT2D eigenvalue weighted by molar-refractivity contribution is 9.10. The summed E-state index contributed by atoms with van der Waals surface area (Å²) in [5, 5.41) is 8.95. The molecular weight excluding hydrogens is 323 g/mol. The van der Waals surface area contributed by atoms with Crippen LogP contribution in [0, 0.1) is 17.1 Å². The molecule has 0 amide bonds. The lowest BCUT2D eigenvalue weighted by Crippen LogP contribution is -2.53. The minimum atomic E-state index is -0.338. The Kier molecular flexibility index (Phi) is 3.95. The molecule has 2 atom stereocenters. The smallest absolute Gasteiger partial charge is 0.161 e. The maximum Gasteiger partial charge on any atom is 0.161 e. The van der Waals surface area contributed by atoms with Crippen LogP contribution in [0.3, 0.4) is 0 Å². The maximum absolute atomic E-state index is 14.5. The van der Waals surface area contributed by atoms with Gasteiger partial charge in [-0.05, 0) is 40.9 Å². The normalized spacial score (nSPS) is 25.9. The van der Waals surface area contributed by atoms with E-state index < -0.39 is 0 Å². The second-order valence-electron chi connectivity index (χ2n) is 5.33. The van der Waals surface area contributed by atoms with Crippen molar-refractivity contribution < 1.29 is 9.13 Å². The van der Waals surface area contributed by atoms with Crippen molar-refractivity contribution in [3.05, 3.63) is 28.0 Å². The highest BCUT2D eigenvalue weighted by atomic mass is 79.9. The second-order valence-corrected chi connectivity index (χ2v) is 6.12. The molecule has 0 spiro atoms. The zero-order valence-corrected chi connectivity index (χ0v) is 12.7. The lowest BCUT2D eigenvalue weighted by Gasteiger charge is -2.45. The van der Waals surface area contributed by atoms with Gasteiger partial charge in [0.1, 0.15) is 6.07 Å². The first-order chi connectivity index (χ1) is 9.72. The van der Waals surface area contributed by atoms with Gasteiger partial charge in [0.15, 0.2) is 5.82 Å². The van der Waals surface area contributed by atoms with Gasteiger partial charge in [0.05, 0.1) is 34.5 Å². The summed E-state index contributed by atoms with van der Waals surface area (Å²) in [6.45, 7) is 1.34. The number of hydrogen-bond donors (Lipinski definition) is 0. The van der Waals surface area contributed by atoms with Crippen molar-refractivity contribution in [2.45, 2.75) is 37.8 Å². The van der Waals surface area contributed by atoms with Crippen molar-refractivity contribution in [3.8, 4) is 6.07 Å². The minimum absolute atomic E-state index is 0.214. The van der Waals surface area contributed by atoms with E-state index in [1.807, 2.05) is 6.07 Å². The molecule has 0 aromatic heterocycles. The van der Waals surface area contributed by atoms with E-state index in [1.54, 1.807) is 12.1 Å². The third-order valence-electron chi connectivity index (χ3n) is 4.22. The van der Waals surface area contributed by atoms with E-state index in [4.69, 9.17) is 10.00 Å². The average Bonchev–Trinajstić information content (AvgIpc) is 2.50. The van der Waals surface area contributed by atoms with Crippen LogP contribution in [-0.2, 0) is 4.74 Å². The van der Waals surface area contributed by atoms with Gasteiger partial charge >= 0.3 is 0 Å². The van der Waals surface area contributed by atoms with Crippen LogP contribution in [0.2, 0.25) is 0 Å². The molecule has 0 radical (unpaired) electrons. The van der Waals surface area contributed by atoms with Crippen LogP contribution in [-0.4, -0.2) is 25.3 Å². The number of benzene rings is 1. The number of nitrogens with zero attached hydrogens (tertiary/aromatic N) is 2. The van der Waals surface area contributed by atoms with Crippen molar-refractivity contribution in [1.82, 2.24) is 0 Å². The van der Waals surface area contributed by atoms with Crippen LogP contribution in [0.5, 0.6) is 0 Å². The molecule has 3 nitrogen and oxygen atoms in total. The number of rotatable bonds is 1. The Labute approximate surface area is 126 Å². The molecule has 1 aliphatic heterocycles. The predicted molar refractivity (Wildman–Crippen MR) is 78.2 cm³/mol. The fourth-order valence-electron chi connectivity index (χ4n) is 3.24. The molecule has 20 heavy (non-hydrogen) atoms. The van der Waals surface area contributed by atoms with Crippen molar-refractivity contribution in [2.24, 2.45) is 0 Å². The fourth-order valence-corrected chi connectivity index (χ4v) is 3.67. The van der Waals surface area contributed by atoms with E-state index in [0.29, 0.717) is 24.4 Å². The van der Waals surface area contributed by atoms with Gasteiger partial charge in [-0.25, -0.2) is 4.39 Å². The summed E-state index contributed by atoms with van der Waals surface area (Å²) in [6.07, 6.45) is 4.67. The van der Waals surface area contributed by atoms with Gasteiger partial charge in [0, 0.05) is 6.54 Å². The van der Waals surface area contributed by atoms with E-state index in [9.17, 15) is 4.39 Å². The van der Waals surface area contributed by atoms with Gasteiger partial charge in [-0.3, -0.25) is 0 Å². The SMILES string of the molecule is N#Cc1ccc(N2CCOC3CCCCC32)c(F)c1Br. The minimum Gasteiger partial charge on any atom is -0.374 e. The molecule has 1 aromatic carbocycles. The summed E-state index contributed by atoms with van der Waals surface area (Å²) < 4.78 is 20.6. The van der Waals surface area contributed by atoms with Gasteiger partial charge in [-0.1, -0.05) is 12.8 Å². The Hall–Kier alpha value is -1.12. The van der Waals surface area contributed by atoms with Crippen LogP contribution in [0.4, 0.5) is 10.1 Å². The van der Waals surface area contributed by atoms with Crippen LogP contribution in [0.25, 0.3) is 0 Å². The molecule has 1 aliphatic carbocycles. The van der Waals surface area contributed by atoms with Crippen LogP contribution >= 0.6 is 15.9 Å². The quantitative estimate of drug-likeness (QED) is 0.784. The number of anilines is 1. The van der Waals surface area contributed by atoms with Crippen LogP contribution < -0.4 is 4.90 Å². The summed E-state index contributed by atoms with van der Waals surface area (Å²) in [6, 6.07) is 5.64. The highest BCUT2D eigenvalue weighted by Gasteiger charge is 2.35. The number of nitriles is 1. The van der Waals surface area contributed by atoms with E-state index >= 15 is 0 Å². The Morgan fingerprint density at radius 3 is 2.95 bits per heavy atom. The Balaban J connectivity index is 1.95. The third-order valence-corrected chi connectivity index (χ3v) is 5.00. The largest absolute Gasteiger partial charge is 0.374 e. The molecular formula is C15H16BrFN2O. The molecule has 1 heterocycles. The molecule has 2 aliphatic rings. The summed E-state index contributed by atoms with van der Waals surface area (Å²) in [4.78, 5) is 2.12. The van der Waals surface area contributed by atoms with Gasteiger partial charge in [0.25, 0.3) is 0 Å². The van der Waals surface area contributed by atoms with Crippen molar-refractivity contribution in [1.29, 1.82) is 5.26 Å². The number of morpholine rings is 1. The summed E-state index contributed by atoms with van der Waals surface area (Å²) in [7, 11) is 0. The number of halogens is 2. The van der Waals surface area contributed by atoms with E-state index in [2.05, 4.69) is 20.8 Å². The van der Waals surface area contributed by atoms with E-state index in [0.717, 1.165) is 12.8 Å². The fraction of sp³-hybridized carbons (Fsp3) is 0.533. The topological polar surface area (TPSA) is 36.3 Å². The first kappa shape index (κ1) is 13.8. The standard InChI is InChI=1S/C15H16BrFN2O/c16-14-10(9-18)5-6-12(15(14)17)19-7-8-20-13-4-2-1-3-11(13)19/h5-6,11,13H,1-4,7-8H2. The zero-order chi connectivity index (χ0) is 14.1. The van der Waals surface area contributed by atoms with Crippen LogP contribution in [0.15, 0.2) is 16.6 Å². The molecule has 1 aromatic rings. The molecule has 3 rings (SSSR count). The lowest BCUT2D eigenvalue weighted by molar-refractivity contribution is -0.00891. The maximum atomic E-state index is 14.5. The Morgan fingerprint density at radius 1 is 1.35 bits per heavy atom. The summed E-state index contributed by atoms with van der Waals surface area (Å²) in [5.74, 6) is -0.338. The first-order valence-electron chi connectivity index (χ1n) is 6.98. The zero-order valence-electron chi connectivity index (χ0n) is 11.1. The average molecular weight is 339 g/mol. The van der Waals surface area contributed by atoms with E-state index in [-0.39, 0.29) is 22.4 Å². The predicted octanol–water partition coefficient (Wildman–Crippen LogP) is 3.61. The molecule has 1 saturated heterocycles. The van der Waals surface area contributed by atoms with Gasteiger partial charge in [0.2, 0.25) is 0 Å². The molecule has 2 unspecified atom stereocenters. The highest BCUT2D eigenvalue weighted by Crippen LogP contribution is 2.36. The Morgan fingerprint density at radius 2 is 2.15 bits per heavy atom. The first-order valence-corrected chi connectivity index (χ1v) is 7.78. The van der Waals surface area contributed by atoms with Crippen LogP contribution in [0.1, 0.15) is 31.2 Å². The molecule has 5 heteroatoms. The molecule has 0 bridgehead atoms. The number of ether oxygens (including phenoxy) is 1. The second kappa shape index (κ2) is 5.71. The molecule has 106 valence electrons. The van der Waals surface area contributed by atoms with Gasteiger partial charge in [-0.2, -0.15) is 5.26 Å². The Bertz CT molecular complexity index is 556. The monoisotopic (exact) mass is 338 g/mol. The van der Waals surface area contributed by atoms with Gasteiger partial charge < -0.3 is 9.64 Å². The van der Waals surface area contributed by atoms with E-state index in [1.165, 1.54) is 12.8 Å². The summed E-state index contributed by atoms with van der Waals surface area (Å²) in [5.41, 5.74) is 0.913. The lowest BCUT2D eigenvalue weighted by atomic mass is 9.89. The van der Waals surface area contributed by atoms with Gasteiger partial charge in [-0.15, -0.1) is 0 Å². The number of hydrogen-bond acceptors (Lipinski definition) is 3. The van der Waals surface area contributed by atoms with Crippen molar-refractivity contribution >= 4 is 21.6 Å².